The molecule has 1 N–H and O–H groups in total. The average Bonchev–Trinajstić information content (AvgIpc) is 2.44. The molecular weight excluding hydrogens is 298 g/mol. The van der Waals surface area contributed by atoms with Crippen LogP contribution >= 0.6 is 0 Å². The highest BCUT2D eigenvalue weighted by Crippen LogP contribution is 2.17. The molecule has 0 fully saturated rings. The molecule has 0 rings (SSSR count). The molecule has 0 aromatic heterocycles. The summed E-state index contributed by atoms with van der Waals surface area (Å²) in [5, 5.41) is 2.70. The summed E-state index contributed by atoms with van der Waals surface area (Å²) in [5.74, 6) is 0. The molecule has 138 valence electrons. The van der Waals surface area contributed by atoms with Crippen molar-refractivity contribution in [3.63, 3.8) is 0 Å². The largest absolute Gasteiger partial charge is 0.450 e. The lowest BCUT2D eigenvalue weighted by molar-refractivity contribution is -0.0934. The molecule has 0 saturated heterocycles. The quantitative estimate of drug-likeness (QED) is 0.525. The van der Waals surface area contributed by atoms with Crippen molar-refractivity contribution in [1.82, 2.24) is 5.32 Å². The van der Waals surface area contributed by atoms with Crippen molar-refractivity contribution in [2.45, 2.75) is 65.1 Å². The predicted octanol–water partition coefficient (Wildman–Crippen LogP) is 3.14. The molecule has 6 nitrogen and oxygen atoms in total. The van der Waals surface area contributed by atoms with Crippen LogP contribution in [0.15, 0.2) is 0 Å². The molecule has 0 spiro atoms. The number of hydrogen-bond donors (Lipinski definition) is 1. The first-order chi connectivity index (χ1) is 10.7. The minimum absolute atomic E-state index is 0.258. The van der Waals surface area contributed by atoms with Gasteiger partial charge in [-0.25, -0.2) is 4.79 Å². The molecule has 0 radical (unpaired) electrons. The van der Waals surface area contributed by atoms with Crippen LogP contribution in [0.2, 0.25) is 0 Å². The van der Waals surface area contributed by atoms with Crippen LogP contribution in [0.25, 0.3) is 0 Å². The Labute approximate surface area is 141 Å². The average molecular weight is 333 g/mol. The van der Waals surface area contributed by atoms with E-state index in [4.69, 9.17) is 18.9 Å². The fraction of sp³-hybridized carbons (Fsp3) is 0.941. The van der Waals surface area contributed by atoms with E-state index in [0.717, 1.165) is 19.3 Å². The van der Waals surface area contributed by atoms with Crippen LogP contribution in [0.4, 0.5) is 4.79 Å². The summed E-state index contributed by atoms with van der Waals surface area (Å²) in [7, 11) is 1.67. The van der Waals surface area contributed by atoms with Crippen molar-refractivity contribution in [3.8, 4) is 0 Å². The minimum atomic E-state index is -0.361. The fourth-order valence-corrected chi connectivity index (χ4v) is 1.89. The van der Waals surface area contributed by atoms with Crippen LogP contribution in [0.3, 0.4) is 0 Å². The van der Waals surface area contributed by atoms with Crippen molar-refractivity contribution in [2.75, 3.05) is 40.1 Å². The second kappa shape index (κ2) is 11.6. The van der Waals surface area contributed by atoms with E-state index in [1.165, 1.54) is 0 Å². The van der Waals surface area contributed by atoms with Crippen LogP contribution in [-0.4, -0.2) is 57.4 Å². The lowest BCUT2D eigenvalue weighted by Crippen LogP contribution is -2.34. The zero-order valence-corrected chi connectivity index (χ0v) is 15.7. The van der Waals surface area contributed by atoms with Gasteiger partial charge in [0.1, 0.15) is 0 Å². The molecule has 0 bridgehead atoms. The topological polar surface area (TPSA) is 66.0 Å². The van der Waals surface area contributed by atoms with Gasteiger partial charge in [-0.3, -0.25) is 0 Å². The summed E-state index contributed by atoms with van der Waals surface area (Å²) in [6.45, 7) is 12.8. The summed E-state index contributed by atoms with van der Waals surface area (Å²) >= 11 is 0. The number of amides is 1. The van der Waals surface area contributed by atoms with Gasteiger partial charge in [-0.1, -0.05) is 6.92 Å². The monoisotopic (exact) mass is 333 g/mol. The van der Waals surface area contributed by atoms with E-state index in [0.29, 0.717) is 33.0 Å². The van der Waals surface area contributed by atoms with E-state index >= 15 is 0 Å². The van der Waals surface area contributed by atoms with E-state index in [2.05, 4.69) is 5.32 Å². The number of ether oxygens (including phenoxy) is 4. The number of carbonyl (C=O) groups is 1. The molecule has 0 aliphatic carbocycles. The Balaban J connectivity index is 3.73. The molecule has 0 saturated carbocycles. The first kappa shape index (κ1) is 22.1. The Bertz CT molecular complexity index is 318. The number of hydrogen-bond acceptors (Lipinski definition) is 5. The lowest BCUT2D eigenvalue weighted by atomic mass is 10.1. The highest BCUT2D eigenvalue weighted by Gasteiger charge is 2.22. The molecule has 0 atom stereocenters. The van der Waals surface area contributed by atoms with Gasteiger partial charge in [-0.15, -0.1) is 0 Å². The SMILES string of the molecule is CCCOC(=O)NCCCOC(C)(C)CCOC(C)(C)COC. The Morgan fingerprint density at radius 1 is 1.00 bits per heavy atom. The number of nitrogens with one attached hydrogen (secondary N) is 1. The van der Waals surface area contributed by atoms with Gasteiger partial charge in [-0.2, -0.15) is 0 Å². The molecular formula is C17H35NO5. The molecule has 0 aromatic rings. The standard InChI is InChI=1S/C17H35NO5/c1-7-11-21-15(19)18-10-8-12-22-16(2,3)9-13-23-17(4,5)14-20-6/h7-14H2,1-6H3,(H,18,19). The second-order valence-corrected chi connectivity index (χ2v) is 6.82. The molecule has 1 amide bonds. The van der Waals surface area contributed by atoms with Crippen molar-refractivity contribution in [1.29, 1.82) is 0 Å². The second-order valence-electron chi connectivity index (χ2n) is 6.82. The third kappa shape index (κ3) is 13.3. The van der Waals surface area contributed by atoms with Gasteiger partial charge < -0.3 is 24.3 Å². The molecule has 0 aliphatic heterocycles. The molecule has 23 heavy (non-hydrogen) atoms. The lowest BCUT2D eigenvalue weighted by Gasteiger charge is -2.29. The van der Waals surface area contributed by atoms with Gasteiger partial charge in [0.25, 0.3) is 0 Å². The van der Waals surface area contributed by atoms with Crippen LogP contribution in [-0.2, 0) is 18.9 Å². The van der Waals surface area contributed by atoms with Gasteiger partial charge >= 0.3 is 6.09 Å². The zero-order chi connectivity index (χ0) is 17.8. The Kier molecular flexibility index (Phi) is 11.2. The highest BCUT2D eigenvalue weighted by molar-refractivity contribution is 5.66. The Morgan fingerprint density at radius 3 is 2.26 bits per heavy atom. The Morgan fingerprint density at radius 2 is 1.65 bits per heavy atom. The third-order valence-corrected chi connectivity index (χ3v) is 3.21. The van der Waals surface area contributed by atoms with E-state index in [-0.39, 0.29) is 17.3 Å². The summed E-state index contributed by atoms with van der Waals surface area (Å²) < 4.78 is 21.7. The van der Waals surface area contributed by atoms with Crippen molar-refractivity contribution in [2.24, 2.45) is 0 Å². The number of methoxy groups -OCH3 is 1. The zero-order valence-electron chi connectivity index (χ0n) is 15.7. The first-order valence-electron chi connectivity index (χ1n) is 8.40. The van der Waals surface area contributed by atoms with Crippen molar-refractivity contribution in [3.05, 3.63) is 0 Å². The maximum absolute atomic E-state index is 11.2. The number of carbonyl (C=O) groups excluding carboxylic acids is 1. The predicted molar refractivity (Wildman–Crippen MR) is 90.8 cm³/mol. The van der Waals surface area contributed by atoms with Crippen LogP contribution in [0.1, 0.15) is 53.9 Å². The molecule has 0 unspecified atom stereocenters. The molecule has 0 heterocycles. The number of rotatable bonds is 13. The third-order valence-electron chi connectivity index (χ3n) is 3.21. The Hall–Kier alpha value is -0.850. The van der Waals surface area contributed by atoms with Gasteiger partial charge in [0.15, 0.2) is 0 Å². The minimum Gasteiger partial charge on any atom is -0.450 e. The normalized spacial score (nSPS) is 12.3. The van der Waals surface area contributed by atoms with Crippen LogP contribution in [0.5, 0.6) is 0 Å². The van der Waals surface area contributed by atoms with E-state index < -0.39 is 0 Å². The molecule has 0 aliphatic rings. The van der Waals surface area contributed by atoms with Crippen molar-refractivity contribution >= 4 is 6.09 Å². The first-order valence-corrected chi connectivity index (χ1v) is 8.40. The maximum Gasteiger partial charge on any atom is 0.407 e. The van der Waals surface area contributed by atoms with E-state index in [9.17, 15) is 4.79 Å². The van der Waals surface area contributed by atoms with E-state index in [1.807, 2.05) is 34.6 Å². The molecule has 0 aromatic carbocycles. The maximum atomic E-state index is 11.2. The summed E-state index contributed by atoms with van der Waals surface area (Å²) in [5.41, 5.74) is -0.542. The van der Waals surface area contributed by atoms with Gasteiger partial charge in [0.2, 0.25) is 0 Å². The molecule has 6 heteroatoms. The van der Waals surface area contributed by atoms with Gasteiger partial charge in [-0.05, 0) is 47.0 Å². The summed E-state index contributed by atoms with van der Waals surface area (Å²) in [6.07, 6.45) is 2.01. The fourth-order valence-electron chi connectivity index (χ4n) is 1.89. The highest BCUT2D eigenvalue weighted by atomic mass is 16.5. The van der Waals surface area contributed by atoms with E-state index in [1.54, 1.807) is 7.11 Å². The van der Waals surface area contributed by atoms with Gasteiger partial charge in [0, 0.05) is 20.3 Å². The number of alkyl carbamates (subject to hydrolysis) is 1. The van der Waals surface area contributed by atoms with Crippen LogP contribution < -0.4 is 5.32 Å². The summed E-state index contributed by atoms with van der Waals surface area (Å²) in [4.78, 5) is 11.2. The van der Waals surface area contributed by atoms with Gasteiger partial charge in [0.05, 0.1) is 31.0 Å². The smallest absolute Gasteiger partial charge is 0.407 e. The summed E-state index contributed by atoms with van der Waals surface area (Å²) in [6, 6.07) is 0. The van der Waals surface area contributed by atoms with Crippen LogP contribution in [0, 0.1) is 0 Å². The van der Waals surface area contributed by atoms with Crippen molar-refractivity contribution < 1.29 is 23.7 Å².